The Kier molecular flexibility index (Phi) is 9.80. The molecule has 0 aromatic heterocycles. The maximum Gasteiger partial charge on any atom is 0.328 e. The van der Waals surface area contributed by atoms with Crippen molar-refractivity contribution in [1.29, 1.82) is 0 Å². The summed E-state index contributed by atoms with van der Waals surface area (Å²) >= 11 is 6.21. The molecule has 0 aliphatic heterocycles. The number of amides is 3. The Morgan fingerprint density at radius 3 is 2.24 bits per heavy atom. The van der Waals surface area contributed by atoms with E-state index in [1.807, 2.05) is 30.3 Å². The van der Waals surface area contributed by atoms with Crippen LogP contribution in [0.1, 0.15) is 31.8 Å². The Hall–Kier alpha value is -4.41. The number of rotatable bonds is 11. The molecular formula is C27H27ClN4O6. The zero-order chi connectivity index (χ0) is 27.7. The summed E-state index contributed by atoms with van der Waals surface area (Å²) in [6.07, 6.45) is 0.264. The van der Waals surface area contributed by atoms with Crippen molar-refractivity contribution in [2.45, 2.75) is 25.0 Å². The van der Waals surface area contributed by atoms with Crippen molar-refractivity contribution in [3.05, 3.63) is 100 Å². The van der Waals surface area contributed by atoms with E-state index < -0.39 is 42.3 Å². The zero-order valence-corrected chi connectivity index (χ0v) is 20.9. The third kappa shape index (κ3) is 8.05. The summed E-state index contributed by atoms with van der Waals surface area (Å²) in [5, 5.41) is 26.4. The molecule has 0 unspecified atom stereocenters. The minimum Gasteiger partial charge on any atom is -0.508 e. The molecule has 0 saturated heterocycles. The summed E-state index contributed by atoms with van der Waals surface area (Å²) in [5.41, 5.74) is 7.59. The molecule has 0 heterocycles. The molecule has 198 valence electrons. The van der Waals surface area contributed by atoms with E-state index in [9.17, 15) is 29.4 Å². The lowest BCUT2D eigenvalue weighted by Crippen LogP contribution is -2.51. The van der Waals surface area contributed by atoms with Gasteiger partial charge in [-0.3, -0.25) is 14.4 Å². The van der Waals surface area contributed by atoms with E-state index in [-0.39, 0.29) is 34.9 Å². The molecule has 0 spiro atoms. The summed E-state index contributed by atoms with van der Waals surface area (Å²) in [4.78, 5) is 49.2. The number of nitrogens with one attached hydrogen (secondary N) is 3. The lowest BCUT2D eigenvalue weighted by atomic mass is 10.1. The highest BCUT2D eigenvalue weighted by atomic mass is 35.5. The van der Waals surface area contributed by atoms with E-state index in [0.29, 0.717) is 5.56 Å². The molecule has 10 nitrogen and oxygen atoms in total. The van der Waals surface area contributed by atoms with Gasteiger partial charge in [-0.2, -0.15) is 0 Å². The monoisotopic (exact) mass is 538 g/mol. The minimum atomic E-state index is -1.45. The van der Waals surface area contributed by atoms with E-state index in [1.54, 1.807) is 12.1 Å². The number of hydrogen-bond acceptors (Lipinski definition) is 6. The van der Waals surface area contributed by atoms with Crippen molar-refractivity contribution in [3.63, 3.8) is 0 Å². The number of aliphatic carboxylic acids is 1. The zero-order valence-electron chi connectivity index (χ0n) is 20.2. The van der Waals surface area contributed by atoms with Gasteiger partial charge in [-0.15, -0.1) is 0 Å². The van der Waals surface area contributed by atoms with Gasteiger partial charge in [0.15, 0.2) is 0 Å². The molecule has 3 aromatic carbocycles. The second kappa shape index (κ2) is 13.2. The maximum atomic E-state index is 12.7. The van der Waals surface area contributed by atoms with E-state index >= 15 is 0 Å². The summed E-state index contributed by atoms with van der Waals surface area (Å²) in [6.45, 7) is -0.232. The van der Waals surface area contributed by atoms with Gasteiger partial charge in [-0.25, -0.2) is 4.79 Å². The number of phenolic OH excluding ortho intramolecular Hbond substituents is 1. The Labute approximate surface area is 223 Å². The smallest absolute Gasteiger partial charge is 0.328 e. The quantitative estimate of drug-likeness (QED) is 0.216. The first-order chi connectivity index (χ1) is 18.1. The Morgan fingerprint density at radius 1 is 0.868 bits per heavy atom. The average molecular weight is 539 g/mol. The number of carboxylic acids is 1. The van der Waals surface area contributed by atoms with Gasteiger partial charge < -0.3 is 31.9 Å². The fourth-order valence-corrected chi connectivity index (χ4v) is 3.79. The molecule has 0 saturated carbocycles. The van der Waals surface area contributed by atoms with Crippen LogP contribution in [0.15, 0.2) is 72.8 Å². The molecule has 0 fully saturated rings. The van der Waals surface area contributed by atoms with Crippen LogP contribution in [0.25, 0.3) is 0 Å². The lowest BCUT2D eigenvalue weighted by molar-refractivity contribution is -0.139. The fraction of sp³-hybridized carbons (Fsp3) is 0.185. The number of nitrogens with two attached hydrogens (primary N) is 1. The average Bonchev–Trinajstić information content (AvgIpc) is 2.89. The highest BCUT2D eigenvalue weighted by Gasteiger charge is 2.24. The Bertz CT molecular complexity index is 1320. The van der Waals surface area contributed by atoms with Crippen LogP contribution in [-0.2, 0) is 22.6 Å². The van der Waals surface area contributed by atoms with Gasteiger partial charge in [0.2, 0.25) is 5.91 Å². The van der Waals surface area contributed by atoms with Crippen LogP contribution in [0.3, 0.4) is 0 Å². The van der Waals surface area contributed by atoms with Crippen molar-refractivity contribution in [3.8, 4) is 5.75 Å². The molecule has 38 heavy (non-hydrogen) atoms. The van der Waals surface area contributed by atoms with Crippen molar-refractivity contribution >= 4 is 35.3 Å². The number of benzene rings is 3. The van der Waals surface area contributed by atoms with Crippen molar-refractivity contribution in [1.82, 2.24) is 16.0 Å². The molecule has 3 amide bonds. The van der Waals surface area contributed by atoms with Gasteiger partial charge in [-0.1, -0.05) is 54.1 Å². The van der Waals surface area contributed by atoms with E-state index in [4.69, 9.17) is 17.3 Å². The van der Waals surface area contributed by atoms with Gasteiger partial charge >= 0.3 is 5.97 Å². The molecule has 7 N–H and O–H groups in total. The molecular weight excluding hydrogens is 512 g/mol. The SMILES string of the molecule is N[C@@H](Cc1ccccc1)C(=O)NC[C@H](NC(=O)c1ccc(C(=O)NCc2cccc(O)c2)cc1Cl)C(=O)O. The second-order valence-electron chi connectivity index (χ2n) is 8.45. The van der Waals surface area contributed by atoms with E-state index in [0.717, 1.165) is 5.56 Å². The van der Waals surface area contributed by atoms with Crippen LogP contribution in [0.5, 0.6) is 5.75 Å². The van der Waals surface area contributed by atoms with Crippen LogP contribution in [0.2, 0.25) is 5.02 Å². The first-order valence-corrected chi connectivity index (χ1v) is 12.0. The van der Waals surface area contributed by atoms with Gasteiger partial charge in [0.25, 0.3) is 11.8 Å². The molecule has 0 bridgehead atoms. The third-order valence-electron chi connectivity index (χ3n) is 5.56. The van der Waals surface area contributed by atoms with Crippen LogP contribution in [-0.4, -0.2) is 52.5 Å². The Balaban J connectivity index is 1.56. The normalized spacial score (nSPS) is 12.2. The van der Waals surface area contributed by atoms with E-state index in [2.05, 4.69) is 16.0 Å². The van der Waals surface area contributed by atoms with Gasteiger partial charge in [-0.05, 0) is 47.9 Å². The lowest BCUT2D eigenvalue weighted by Gasteiger charge is -2.18. The summed E-state index contributed by atoms with van der Waals surface area (Å²) in [7, 11) is 0. The summed E-state index contributed by atoms with van der Waals surface area (Å²) < 4.78 is 0. The van der Waals surface area contributed by atoms with Crippen LogP contribution in [0, 0.1) is 0 Å². The van der Waals surface area contributed by atoms with Crippen LogP contribution >= 0.6 is 11.6 Å². The predicted molar refractivity (Wildman–Crippen MR) is 141 cm³/mol. The summed E-state index contributed by atoms with van der Waals surface area (Å²) in [6, 6.07) is 17.1. The second-order valence-corrected chi connectivity index (χ2v) is 8.86. The fourth-order valence-electron chi connectivity index (χ4n) is 3.52. The molecule has 2 atom stereocenters. The number of phenols is 1. The number of halogens is 1. The predicted octanol–water partition coefficient (Wildman–Crippen LogP) is 1.84. The third-order valence-corrected chi connectivity index (χ3v) is 5.87. The van der Waals surface area contributed by atoms with Gasteiger partial charge in [0.05, 0.1) is 16.6 Å². The van der Waals surface area contributed by atoms with Crippen LogP contribution < -0.4 is 21.7 Å². The first kappa shape index (κ1) is 28.2. The van der Waals surface area contributed by atoms with E-state index in [1.165, 1.54) is 30.3 Å². The summed E-state index contributed by atoms with van der Waals surface area (Å²) in [5.74, 6) is -3.11. The molecule has 3 rings (SSSR count). The molecule has 0 aliphatic rings. The van der Waals surface area contributed by atoms with Crippen LogP contribution in [0.4, 0.5) is 0 Å². The maximum absolute atomic E-state index is 12.7. The largest absolute Gasteiger partial charge is 0.508 e. The number of carboxylic acid groups (broad SMARTS) is 1. The topological polar surface area (TPSA) is 171 Å². The number of carbonyl (C=O) groups is 4. The Morgan fingerprint density at radius 2 is 1.58 bits per heavy atom. The van der Waals surface area contributed by atoms with Gasteiger partial charge in [0.1, 0.15) is 11.8 Å². The van der Waals surface area contributed by atoms with Crippen molar-refractivity contribution in [2.75, 3.05) is 6.54 Å². The van der Waals surface area contributed by atoms with Gasteiger partial charge in [0, 0.05) is 18.7 Å². The molecule has 11 heteroatoms. The highest BCUT2D eigenvalue weighted by molar-refractivity contribution is 6.34. The molecule has 0 aliphatic carbocycles. The standard InChI is InChI=1S/C27H27ClN4O6/c28-21-13-18(24(34)30-14-17-7-4-8-19(33)11-17)9-10-20(21)25(35)32-23(27(37)38)15-31-26(36)22(29)12-16-5-2-1-3-6-16/h1-11,13,22-23,33H,12,14-15,29H2,(H,30,34)(H,31,36)(H,32,35)(H,37,38)/t22-,23-/m0/s1. The minimum absolute atomic E-state index is 0.0467. The highest BCUT2D eigenvalue weighted by Crippen LogP contribution is 2.19. The van der Waals surface area contributed by atoms with Crippen molar-refractivity contribution < 1.29 is 29.4 Å². The first-order valence-electron chi connectivity index (χ1n) is 11.6. The molecule has 0 radical (unpaired) electrons. The van der Waals surface area contributed by atoms with Crippen molar-refractivity contribution in [2.24, 2.45) is 5.73 Å². The number of aromatic hydroxyl groups is 1. The molecule has 3 aromatic rings. The number of carbonyl (C=O) groups excluding carboxylic acids is 3. The number of hydrogen-bond donors (Lipinski definition) is 6.